The topological polar surface area (TPSA) is 136 Å². The first-order valence-corrected chi connectivity index (χ1v) is 12.6. The van der Waals surface area contributed by atoms with Crippen molar-refractivity contribution in [2.75, 3.05) is 38.3 Å². The summed E-state index contributed by atoms with van der Waals surface area (Å²) in [6.45, 7) is 8.70. The van der Waals surface area contributed by atoms with Gasteiger partial charge in [0.2, 0.25) is 0 Å². The van der Waals surface area contributed by atoms with E-state index in [-0.39, 0.29) is 35.8 Å². The number of carboxylic acid groups (broad SMARTS) is 1. The number of hydrogen-bond acceptors (Lipinski definition) is 8. The van der Waals surface area contributed by atoms with Gasteiger partial charge in [-0.15, -0.1) is 0 Å². The minimum absolute atomic E-state index is 0.0507. The summed E-state index contributed by atoms with van der Waals surface area (Å²) in [5.41, 5.74) is 2.95. The molecule has 0 atom stereocenters. The lowest BCUT2D eigenvalue weighted by atomic mass is 10.1. The lowest BCUT2D eigenvalue weighted by Crippen LogP contribution is -2.35. The molecule has 40 heavy (non-hydrogen) atoms. The Hall–Kier alpha value is -4.52. The molecule has 0 spiro atoms. The number of rotatable bonds is 6. The molecule has 1 amide bonds. The second-order valence-corrected chi connectivity index (χ2v) is 9.96. The molecule has 0 radical (unpaired) electrons. The highest BCUT2D eigenvalue weighted by Crippen LogP contribution is 2.34. The first-order valence-electron chi connectivity index (χ1n) is 12.6. The Morgan fingerprint density at radius 1 is 1.25 bits per heavy atom. The number of halogens is 1. The van der Waals surface area contributed by atoms with E-state index in [0.29, 0.717) is 35.7 Å². The van der Waals surface area contributed by atoms with E-state index in [1.54, 1.807) is 33.6 Å². The summed E-state index contributed by atoms with van der Waals surface area (Å²) in [7, 11) is 1.40. The molecule has 4 aromatic rings. The number of nitrogens with zero attached hydrogens (tertiary/aromatic N) is 6. The predicted octanol–water partition coefficient (Wildman–Crippen LogP) is 2.96. The highest BCUT2D eigenvalue weighted by atomic mass is 19.1. The Morgan fingerprint density at radius 3 is 2.62 bits per heavy atom. The third-order valence-electron chi connectivity index (χ3n) is 6.35. The number of anilines is 1. The van der Waals surface area contributed by atoms with Crippen LogP contribution in [0.25, 0.3) is 16.8 Å². The van der Waals surface area contributed by atoms with Crippen LogP contribution >= 0.6 is 0 Å². The third kappa shape index (κ3) is 6.04. The van der Waals surface area contributed by atoms with Crippen LogP contribution in [0.1, 0.15) is 36.8 Å². The number of carbonyl (C=O) groups is 2. The molecule has 0 bridgehead atoms. The molecule has 13 heteroatoms. The number of nitrogens with one attached hydrogen (secondary N) is 1. The van der Waals surface area contributed by atoms with Crippen molar-refractivity contribution in [1.29, 1.82) is 0 Å². The van der Waals surface area contributed by atoms with Crippen molar-refractivity contribution in [1.82, 2.24) is 29.7 Å². The highest BCUT2D eigenvalue weighted by molar-refractivity contribution is 5.92. The van der Waals surface area contributed by atoms with E-state index >= 15 is 4.39 Å². The first-order chi connectivity index (χ1) is 19.2. The zero-order valence-corrected chi connectivity index (χ0v) is 22.8. The van der Waals surface area contributed by atoms with Crippen molar-refractivity contribution in [3.8, 4) is 17.0 Å². The number of aromatic nitrogens is 5. The van der Waals surface area contributed by atoms with E-state index in [0.717, 1.165) is 18.8 Å². The Kier molecular flexibility index (Phi) is 8.63. The molecule has 212 valence electrons. The molecular weight excluding hydrogens is 521 g/mol. The number of hydrogen-bond donors (Lipinski definition) is 2. The number of fused-ring (bicyclic) bond motifs is 1. The highest BCUT2D eigenvalue weighted by Gasteiger charge is 2.22. The molecule has 5 rings (SSSR count). The summed E-state index contributed by atoms with van der Waals surface area (Å²) >= 11 is 0. The van der Waals surface area contributed by atoms with Crippen LogP contribution in [0.4, 0.5) is 10.1 Å². The number of methoxy groups -OCH3 is 1. The lowest BCUT2D eigenvalue weighted by molar-refractivity contribution is -0.122. The van der Waals surface area contributed by atoms with Gasteiger partial charge in [0.1, 0.15) is 17.7 Å². The number of amides is 1. The van der Waals surface area contributed by atoms with Gasteiger partial charge in [-0.3, -0.25) is 14.3 Å². The van der Waals surface area contributed by atoms with Gasteiger partial charge in [0, 0.05) is 37.0 Å². The third-order valence-corrected chi connectivity index (χ3v) is 6.35. The van der Waals surface area contributed by atoms with Gasteiger partial charge in [-0.2, -0.15) is 10.2 Å². The summed E-state index contributed by atoms with van der Waals surface area (Å²) in [5.74, 6) is -0.855. The maximum Gasteiger partial charge on any atom is 0.290 e. The van der Waals surface area contributed by atoms with Crippen LogP contribution in [0.15, 0.2) is 43.0 Å². The number of carbonyl (C=O) groups excluding carboxylic acids is 1. The zero-order chi connectivity index (χ0) is 28.9. The van der Waals surface area contributed by atoms with E-state index in [1.807, 2.05) is 33.0 Å². The van der Waals surface area contributed by atoms with Gasteiger partial charge in [0.25, 0.3) is 12.4 Å². The number of morpholine rings is 1. The molecular formula is C27H32FN7O5. The van der Waals surface area contributed by atoms with Crippen LogP contribution in [-0.2, 0) is 21.6 Å². The molecule has 1 fully saturated rings. The molecule has 1 aliphatic heterocycles. The van der Waals surface area contributed by atoms with Crippen LogP contribution in [0.3, 0.4) is 0 Å². The summed E-state index contributed by atoms with van der Waals surface area (Å²) in [6.07, 6.45) is 5.08. The summed E-state index contributed by atoms with van der Waals surface area (Å²) in [5, 5.41) is 18.3. The molecule has 2 N–H and O–H groups in total. The molecule has 3 aromatic heterocycles. The van der Waals surface area contributed by atoms with E-state index < -0.39 is 5.82 Å². The molecule has 0 aliphatic carbocycles. The fraction of sp³-hybridized carbons (Fsp3) is 0.370. The molecule has 1 aliphatic rings. The average molecular weight is 554 g/mol. The minimum atomic E-state index is -0.555. The normalized spacial score (nSPS) is 13.5. The second-order valence-electron chi connectivity index (χ2n) is 9.96. The van der Waals surface area contributed by atoms with Crippen molar-refractivity contribution in [3.05, 3.63) is 60.1 Å². The Labute approximate surface area is 230 Å². The predicted molar refractivity (Wildman–Crippen MR) is 145 cm³/mol. The van der Waals surface area contributed by atoms with Crippen LogP contribution < -0.4 is 15.0 Å². The van der Waals surface area contributed by atoms with Gasteiger partial charge in [0.15, 0.2) is 11.6 Å². The molecule has 1 saturated heterocycles. The summed E-state index contributed by atoms with van der Waals surface area (Å²) < 4.78 is 30.0. The molecule has 1 aromatic carbocycles. The van der Waals surface area contributed by atoms with Gasteiger partial charge >= 0.3 is 0 Å². The van der Waals surface area contributed by atoms with Crippen LogP contribution in [0.2, 0.25) is 0 Å². The SMILES string of the molecule is COc1c(CNC(=O)c2ccn(C(C)(C)C)n2)ccc(-c2ncnn3cc(N4CCOCC4)cc23)c1F.O=CO. The van der Waals surface area contributed by atoms with Crippen LogP contribution in [0, 0.1) is 5.82 Å². The largest absolute Gasteiger partial charge is 0.493 e. The first kappa shape index (κ1) is 28.5. The fourth-order valence-electron chi connectivity index (χ4n) is 4.34. The fourth-order valence-corrected chi connectivity index (χ4v) is 4.34. The molecule has 12 nitrogen and oxygen atoms in total. The average Bonchev–Trinajstić information content (AvgIpc) is 3.61. The van der Waals surface area contributed by atoms with Crippen molar-refractivity contribution < 1.29 is 28.6 Å². The smallest absolute Gasteiger partial charge is 0.290 e. The standard InChI is InChI=1S/C26H30FN7O3.CH2O2/c1-26(2,3)34-8-7-20(31-34)25(35)28-14-17-5-6-19(22(27)24(17)36-4)23-21-13-18(15-33(21)30-16-29-23)32-9-11-37-12-10-32;2-1-3/h5-8,13,15-16H,9-12,14H2,1-4H3,(H,28,35);1H,(H,2,3). The monoisotopic (exact) mass is 553 g/mol. The van der Waals surface area contributed by atoms with Gasteiger partial charge in [0.05, 0.1) is 43.3 Å². The lowest BCUT2D eigenvalue weighted by Gasteiger charge is -2.27. The van der Waals surface area contributed by atoms with Gasteiger partial charge < -0.3 is 24.8 Å². The molecule has 4 heterocycles. The van der Waals surface area contributed by atoms with Crippen molar-refractivity contribution in [3.63, 3.8) is 0 Å². The van der Waals surface area contributed by atoms with E-state index in [2.05, 4.69) is 25.4 Å². The maximum absolute atomic E-state index is 15.7. The Balaban J connectivity index is 0.00000118. The van der Waals surface area contributed by atoms with Crippen molar-refractivity contribution in [2.24, 2.45) is 0 Å². The van der Waals surface area contributed by atoms with Gasteiger partial charge in [-0.05, 0) is 39.0 Å². The summed E-state index contributed by atoms with van der Waals surface area (Å²) in [6, 6.07) is 7.00. The van der Waals surface area contributed by atoms with Crippen LogP contribution in [0.5, 0.6) is 5.75 Å². The van der Waals surface area contributed by atoms with Crippen molar-refractivity contribution in [2.45, 2.75) is 32.9 Å². The minimum Gasteiger partial charge on any atom is -0.493 e. The Morgan fingerprint density at radius 2 is 1.98 bits per heavy atom. The van der Waals surface area contributed by atoms with E-state index in [4.69, 9.17) is 19.4 Å². The summed E-state index contributed by atoms with van der Waals surface area (Å²) in [4.78, 5) is 27.6. The van der Waals surface area contributed by atoms with Gasteiger partial charge in [-0.25, -0.2) is 13.9 Å². The zero-order valence-electron chi connectivity index (χ0n) is 22.8. The number of ether oxygens (including phenoxy) is 2. The number of benzene rings is 1. The second kappa shape index (κ2) is 12.1. The van der Waals surface area contributed by atoms with Crippen molar-refractivity contribution >= 4 is 23.6 Å². The van der Waals surface area contributed by atoms with Crippen LogP contribution in [-0.4, -0.2) is 75.3 Å². The quantitative estimate of drug-likeness (QED) is 0.345. The van der Waals surface area contributed by atoms with Gasteiger partial charge in [-0.1, -0.05) is 6.07 Å². The van der Waals surface area contributed by atoms with E-state index in [1.165, 1.54) is 13.4 Å². The maximum atomic E-state index is 15.7. The molecule has 0 unspecified atom stereocenters. The molecule has 0 saturated carbocycles. The van der Waals surface area contributed by atoms with E-state index in [9.17, 15) is 4.79 Å². The Bertz CT molecular complexity index is 1490.